The SMILES string of the molecule is O=C1c2cc(-c3nc(NC4CCOCC4)ncc3Cl)ccc2CN1CC1CCCN1C(=O)O. The van der Waals surface area contributed by atoms with Crippen LogP contribution in [-0.2, 0) is 11.3 Å². The Hall–Kier alpha value is -2.91. The first kappa shape index (κ1) is 21.9. The molecule has 2 saturated heterocycles. The summed E-state index contributed by atoms with van der Waals surface area (Å²) in [6.07, 6.45) is 4.04. The molecule has 33 heavy (non-hydrogen) atoms. The van der Waals surface area contributed by atoms with Crippen molar-refractivity contribution in [2.24, 2.45) is 0 Å². The molecule has 1 unspecified atom stereocenters. The molecule has 1 aromatic carbocycles. The van der Waals surface area contributed by atoms with E-state index in [2.05, 4.69) is 15.3 Å². The number of likely N-dealkylation sites (tertiary alicyclic amines) is 1. The normalized spacial score (nSPS) is 20.9. The quantitative estimate of drug-likeness (QED) is 0.687. The predicted octanol–water partition coefficient (Wildman–Crippen LogP) is 3.49. The number of rotatable bonds is 5. The van der Waals surface area contributed by atoms with Crippen molar-refractivity contribution in [3.63, 3.8) is 0 Å². The van der Waals surface area contributed by atoms with E-state index in [1.807, 2.05) is 18.2 Å². The number of fused-ring (bicyclic) bond motifs is 1. The minimum Gasteiger partial charge on any atom is -0.465 e. The zero-order chi connectivity index (χ0) is 22.9. The number of carboxylic acid groups (broad SMARTS) is 1. The van der Waals surface area contributed by atoms with Crippen LogP contribution in [0.15, 0.2) is 24.4 Å². The van der Waals surface area contributed by atoms with E-state index >= 15 is 0 Å². The van der Waals surface area contributed by atoms with E-state index in [1.165, 1.54) is 4.90 Å². The fourth-order valence-electron chi connectivity index (χ4n) is 4.85. The summed E-state index contributed by atoms with van der Waals surface area (Å²) >= 11 is 6.42. The molecule has 3 aliphatic rings. The second-order valence-electron chi connectivity index (χ2n) is 8.75. The molecule has 1 aromatic heterocycles. The van der Waals surface area contributed by atoms with Crippen LogP contribution in [0, 0.1) is 0 Å². The van der Waals surface area contributed by atoms with Gasteiger partial charge in [-0.2, -0.15) is 0 Å². The zero-order valence-electron chi connectivity index (χ0n) is 18.2. The molecule has 0 aliphatic carbocycles. The van der Waals surface area contributed by atoms with Gasteiger partial charge in [0, 0.05) is 50.0 Å². The second kappa shape index (κ2) is 9.15. The first-order valence-corrected chi connectivity index (χ1v) is 11.7. The number of halogens is 1. The van der Waals surface area contributed by atoms with E-state index in [0.717, 1.165) is 36.8 Å². The highest BCUT2D eigenvalue weighted by Crippen LogP contribution is 2.32. The summed E-state index contributed by atoms with van der Waals surface area (Å²) in [6, 6.07) is 5.77. The van der Waals surface area contributed by atoms with Crippen LogP contribution in [0.3, 0.4) is 0 Å². The number of amides is 2. The Morgan fingerprint density at radius 3 is 2.88 bits per heavy atom. The standard InChI is InChI=1S/C23H26ClN5O4/c24-19-11-25-22(26-16-5-8-33-9-6-16)27-20(19)14-3-4-15-12-28(21(30)18(15)10-14)13-17-2-1-7-29(17)23(31)32/h3-4,10-11,16-17H,1-2,5-9,12-13H2,(H,31,32)(H,25,26,27). The highest BCUT2D eigenvalue weighted by Gasteiger charge is 2.35. The average molecular weight is 472 g/mol. The van der Waals surface area contributed by atoms with Crippen molar-refractivity contribution in [1.82, 2.24) is 19.8 Å². The van der Waals surface area contributed by atoms with Gasteiger partial charge in [0.25, 0.3) is 5.91 Å². The number of hydrogen-bond acceptors (Lipinski definition) is 6. The van der Waals surface area contributed by atoms with Gasteiger partial charge in [0.15, 0.2) is 0 Å². The number of hydrogen-bond donors (Lipinski definition) is 2. The lowest BCUT2D eigenvalue weighted by molar-refractivity contribution is 0.0720. The topological polar surface area (TPSA) is 108 Å². The van der Waals surface area contributed by atoms with Crippen molar-refractivity contribution in [3.8, 4) is 11.3 Å². The molecule has 4 heterocycles. The maximum absolute atomic E-state index is 13.1. The molecule has 9 nitrogen and oxygen atoms in total. The Morgan fingerprint density at radius 2 is 2.09 bits per heavy atom. The van der Waals surface area contributed by atoms with Crippen molar-refractivity contribution in [2.45, 2.75) is 44.3 Å². The van der Waals surface area contributed by atoms with Crippen molar-refractivity contribution in [3.05, 3.63) is 40.5 Å². The van der Waals surface area contributed by atoms with Crippen LogP contribution in [0.5, 0.6) is 0 Å². The fourth-order valence-corrected chi connectivity index (χ4v) is 5.05. The van der Waals surface area contributed by atoms with Gasteiger partial charge in [0.05, 0.1) is 23.0 Å². The van der Waals surface area contributed by atoms with Crippen molar-refractivity contribution in [2.75, 3.05) is 31.6 Å². The molecule has 0 bridgehead atoms. The molecule has 174 valence electrons. The van der Waals surface area contributed by atoms with Crippen molar-refractivity contribution >= 4 is 29.5 Å². The molecule has 3 aliphatic heterocycles. The molecule has 2 fully saturated rings. The number of benzene rings is 1. The number of anilines is 1. The molecule has 5 rings (SSSR count). The predicted molar refractivity (Wildman–Crippen MR) is 122 cm³/mol. The van der Waals surface area contributed by atoms with Gasteiger partial charge in [0.2, 0.25) is 5.95 Å². The molecule has 2 amide bonds. The Labute approximate surface area is 196 Å². The van der Waals surface area contributed by atoms with Gasteiger partial charge in [0.1, 0.15) is 0 Å². The first-order valence-electron chi connectivity index (χ1n) is 11.3. The number of ether oxygens (including phenoxy) is 1. The maximum Gasteiger partial charge on any atom is 0.407 e. The lowest BCUT2D eigenvalue weighted by Crippen LogP contribution is -2.42. The summed E-state index contributed by atoms with van der Waals surface area (Å²) < 4.78 is 5.40. The van der Waals surface area contributed by atoms with Gasteiger partial charge in [-0.1, -0.05) is 23.7 Å². The van der Waals surface area contributed by atoms with Gasteiger partial charge in [-0.3, -0.25) is 4.79 Å². The summed E-state index contributed by atoms with van der Waals surface area (Å²) in [5.41, 5.74) is 2.86. The molecule has 0 radical (unpaired) electrons. The van der Waals surface area contributed by atoms with Crippen molar-refractivity contribution in [1.29, 1.82) is 0 Å². The first-order chi connectivity index (χ1) is 16.0. The Balaban J connectivity index is 1.34. The summed E-state index contributed by atoms with van der Waals surface area (Å²) in [7, 11) is 0. The summed E-state index contributed by atoms with van der Waals surface area (Å²) in [5.74, 6) is 0.416. The molecule has 0 saturated carbocycles. The monoisotopic (exact) mass is 471 g/mol. The number of carbonyl (C=O) groups is 2. The van der Waals surface area contributed by atoms with Gasteiger partial charge >= 0.3 is 6.09 Å². The third-order valence-electron chi connectivity index (χ3n) is 6.61. The van der Waals surface area contributed by atoms with Gasteiger partial charge in [-0.15, -0.1) is 0 Å². The third kappa shape index (κ3) is 4.47. The smallest absolute Gasteiger partial charge is 0.407 e. The summed E-state index contributed by atoms with van der Waals surface area (Å²) in [5, 5.41) is 13.2. The van der Waals surface area contributed by atoms with E-state index in [4.69, 9.17) is 16.3 Å². The van der Waals surface area contributed by atoms with E-state index in [9.17, 15) is 14.7 Å². The lowest BCUT2D eigenvalue weighted by atomic mass is 10.0. The van der Waals surface area contributed by atoms with Crippen LogP contribution in [0.2, 0.25) is 5.02 Å². The van der Waals surface area contributed by atoms with Gasteiger partial charge in [-0.25, -0.2) is 14.8 Å². The summed E-state index contributed by atoms with van der Waals surface area (Å²) in [4.78, 5) is 36.7. The minimum atomic E-state index is -0.924. The molecular weight excluding hydrogens is 446 g/mol. The summed E-state index contributed by atoms with van der Waals surface area (Å²) in [6.45, 7) is 2.84. The van der Waals surface area contributed by atoms with Crippen LogP contribution < -0.4 is 5.32 Å². The highest BCUT2D eigenvalue weighted by molar-refractivity contribution is 6.33. The molecule has 1 atom stereocenters. The number of nitrogens with one attached hydrogen (secondary N) is 1. The third-order valence-corrected chi connectivity index (χ3v) is 6.89. The van der Waals surface area contributed by atoms with E-state index in [1.54, 1.807) is 11.1 Å². The Morgan fingerprint density at radius 1 is 1.27 bits per heavy atom. The fraction of sp³-hybridized carbons (Fsp3) is 0.478. The van der Waals surface area contributed by atoms with Gasteiger partial charge < -0.3 is 25.0 Å². The number of carbonyl (C=O) groups excluding carboxylic acids is 1. The minimum absolute atomic E-state index is 0.0881. The van der Waals surface area contributed by atoms with Crippen LogP contribution in [0.25, 0.3) is 11.3 Å². The second-order valence-corrected chi connectivity index (χ2v) is 9.16. The Kier molecular flexibility index (Phi) is 6.07. The van der Waals surface area contributed by atoms with Crippen LogP contribution >= 0.6 is 11.6 Å². The molecular formula is C23H26ClN5O4. The molecule has 10 heteroatoms. The number of nitrogens with zero attached hydrogens (tertiary/aromatic N) is 4. The van der Waals surface area contributed by atoms with Crippen LogP contribution in [0.4, 0.5) is 10.7 Å². The highest BCUT2D eigenvalue weighted by atomic mass is 35.5. The maximum atomic E-state index is 13.1. The van der Waals surface area contributed by atoms with Crippen LogP contribution in [0.1, 0.15) is 41.6 Å². The average Bonchev–Trinajstić information content (AvgIpc) is 3.40. The molecule has 2 N–H and O–H groups in total. The van der Waals surface area contributed by atoms with E-state index < -0.39 is 6.09 Å². The van der Waals surface area contributed by atoms with E-state index in [-0.39, 0.29) is 18.0 Å². The van der Waals surface area contributed by atoms with Gasteiger partial charge in [-0.05, 0) is 37.3 Å². The van der Waals surface area contributed by atoms with E-state index in [0.29, 0.717) is 55.1 Å². The molecule has 0 spiro atoms. The largest absolute Gasteiger partial charge is 0.465 e. The molecule has 2 aromatic rings. The zero-order valence-corrected chi connectivity index (χ0v) is 18.9. The Bertz CT molecular complexity index is 1070. The number of aromatic nitrogens is 2. The van der Waals surface area contributed by atoms with Crippen molar-refractivity contribution < 1.29 is 19.4 Å². The van der Waals surface area contributed by atoms with Crippen LogP contribution in [-0.4, -0.2) is 75.3 Å². The lowest BCUT2D eigenvalue weighted by Gasteiger charge is -2.26.